The lowest BCUT2D eigenvalue weighted by atomic mass is 10.1. The SMILES string of the molecule is C[C@@H](O)c1ccc(CNC(=O)Nc2ccccc2C(F)(F)F)cc1. The molecule has 2 aromatic rings. The van der Waals surface area contributed by atoms with Gasteiger partial charge in [-0.05, 0) is 30.2 Å². The monoisotopic (exact) mass is 338 g/mol. The highest BCUT2D eigenvalue weighted by Crippen LogP contribution is 2.34. The average molecular weight is 338 g/mol. The fourth-order valence-corrected chi connectivity index (χ4v) is 2.10. The van der Waals surface area contributed by atoms with Gasteiger partial charge >= 0.3 is 12.2 Å². The Morgan fingerprint density at radius 2 is 1.75 bits per heavy atom. The quantitative estimate of drug-likeness (QED) is 0.787. The van der Waals surface area contributed by atoms with E-state index in [-0.39, 0.29) is 12.2 Å². The minimum Gasteiger partial charge on any atom is -0.389 e. The number of alkyl halides is 3. The third kappa shape index (κ3) is 4.73. The van der Waals surface area contributed by atoms with Crippen LogP contribution in [0.15, 0.2) is 48.5 Å². The molecule has 0 radical (unpaired) electrons. The number of hydrogen-bond acceptors (Lipinski definition) is 2. The van der Waals surface area contributed by atoms with Gasteiger partial charge in [0.1, 0.15) is 0 Å². The lowest BCUT2D eigenvalue weighted by Crippen LogP contribution is -2.29. The molecule has 128 valence electrons. The number of carbonyl (C=O) groups excluding carboxylic acids is 1. The smallest absolute Gasteiger partial charge is 0.389 e. The predicted octanol–water partition coefficient (Wildman–Crippen LogP) is 4.08. The maximum atomic E-state index is 12.9. The number of rotatable bonds is 4. The lowest BCUT2D eigenvalue weighted by molar-refractivity contribution is -0.136. The van der Waals surface area contributed by atoms with Gasteiger partial charge in [-0.15, -0.1) is 0 Å². The molecule has 0 aliphatic carbocycles. The van der Waals surface area contributed by atoms with E-state index < -0.39 is 23.9 Å². The van der Waals surface area contributed by atoms with Gasteiger partial charge in [-0.2, -0.15) is 13.2 Å². The van der Waals surface area contributed by atoms with E-state index in [0.29, 0.717) is 0 Å². The maximum Gasteiger partial charge on any atom is 0.418 e. The Labute approximate surface area is 137 Å². The van der Waals surface area contributed by atoms with Crippen LogP contribution in [0.25, 0.3) is 0 Å². The summed E-state index contributed by atoms with van der Waals surface area (Å²) in [7, 11) is 0. The van der Waals surface area contributed by atoms with Gasteiger partial charge in [0.25, 0.3) is 0 Å². The highest BCUT2D eigenvalue weighted by atomic mass is 19.4. The molecular formula is C17H17F3N2O2. The van der Waals surface area contributed by atoms with E-state index in [2.05, 4.69) is 10.6 Å². The molecule has 0 saturated carbocycles. The van der Waals surface area contributed by atoms with Crippen molar-refractivity contribution >= 4 is 11.7 Å². The van der Waals surface area contributed by atoms with Crippen LogP contribution in [0.3, 0.4) is 0 Å². The van der Waals surface area contributed by atoms with E-state index in [1.54, 1.807) is 31.2 Å². The summed E-state index contributed by atoms with van der Waals surface area (Å²) in [4.78, 5) is 11.8. The Kier molecular flexibility index (Phi) is 5.46. The number of para-hydroxylation sites is 1. The molecule has 0 aliphatic heterocycles. The van der Waals surface area contributed by atoms with Gasteiger partial charge in [0.05, 0.1) is 17.4 Å². The van der Waals surface area contributed by atoms with Gasteiger partial charge in [-0.1, -0.05) is 36.4 Å². The van der Waals surface area contributed by atoms with E-state index in [4.69, 9.17) is 0 Å². The molecule has 0 aliphatic rings. The van der Waals surface area contributed by atoms with Gasteiger partial charge in [0, 0.05) is 6.54 Å². The number of amides is 2. The van der Waals surface area contributed by atoms with Crippen LogP contribution in [-0.4, -0.2) is 11.1 Å². The molecule has 2 aromatic carbocycles. The van der Waals surface area contributed by atoms with Crippen molar-refractivity contribution in [3.8, 4) is 0 Å². The fraction of sp³-hybridized carbons (Fsp3) is 0.235. The van der Waals surface area contributed by atoms with Gasteiger partial charge in [0.2, 0.25) is 0 Å². The van der Waals surface area contributed by atoms with Crippen LogP contribution in [0.4, 0.5) is 23.7 Å². The van der Waals surface area contributed by atoms with E-state index in [0.717, 1.165) is 17.2 Å². The first kappa shape index (κ1) is 17.8. The van der Waals surface area contributed by atoms with Crippen molar-refractivity contribution in [3.63, 3.8) is 0 Å². The van der Waals surface area contributed by atoms with Crippen molar-refractivity contribution in [2.24, 2.45) is 0 Å². The highest BCUT2D eigenvalue weighted by molar-refractivity contribution is 5.90. The molecule has 2 rings (SSSR count). The van der Waals surface area contributed by atoms with Crippen molar-refractivity contribution in [3.05, 3.63) is 65.2 Å². The molecule has 1 atom stereocenters. The Morgan fingerprint density at radius 3 is 2.33 bits per heavy atom. The Morgan fingerprint density at radius 1 is 1.12 bits per heavy atom. The third-order valence-corrected chi connectivity index (χ3v) is 3.40. The zero-order valence-electron chi connectivity index (χ0n) is 12.9. The zero-order chi connectivity index (χ0) is 17.7. The minimum absolute atomic E-state index is 0.153. The molecule has 0 bridgehead atoms. The molecule has 7 heteroatoms. The first-order valence-corrected chi connectivity index (χ1v) is 7.25. The van der Waals surface area contributed by atoms with Crippen molar-refractivity contribution in [1.29, 1.82) is 0 Å². The number of hydrogen-bond donors (Lipinski definition) is 3. The second-order valence-corrected chi connectivity index (χ2v) is 5.27. The number of aliphatic hydroxyl groups is 1. The number of aliphatic hydroxyl groups excluding tert-OH is 1. The van der Waals surface area contributed by atoms with Crippen LogP contribution in [0.5, 0.6) is 0 Å². The summed E-state index contributed by atoms with van der Waals surface area (Å²) in [6, 6.07) is 10.9. The standard InChI is InChI=1S/C17H17F3N2O2/c1-11(23)13-8-6-12(7-9-13)10-21-16(24)22-15-5-3-2-4-14(15)17(18,19)20/h2-9,11,23H,10H2,1H3,(H2,21,22,24)/t11-/m1/s1. The van der Waals surface area contributed by atoms with E-state index in [1.165, 1.54) is 18.2 Å². The van der Waals surface area contributed by atoms with Gasteiger partial charge < -0.3 is 15.7 Å². The number of urea groups is 1. The van der Waals surface area contributed by atoms with Gasteiger partial charge in [0.15, 0.2) is 0 Å². The highest BCUT2D eigenvalue weighted by Gasteiger charge is 2.33. The summed E-state index contributed by atoms with van der Waals surface area (Å²) in [6.45, 7) is 1.79. The van der Waals surface area contributed by atoms with E-state index >= 15 is 0 Å². The van der Waals surface area contributed by atoms with Crippen molar-refractivity contribution in [2.45, 2.75) is 25.7 Å². The molecule has 4 nitrogen and oxygen atoms in total. The van der Waals surface area contributed by atoms with Crippen molar-refractivity contribution < 1.29 is 23.1 Å². The summed E-state index contributed by atoms with van der Waals surface area (Å²) in [5.74, 6) is 0. The first-order chi connectivity index (χ1) is 11.3. The normalized spacial score (nSPS) is 12.5. The number of carbonyl (C=O) groups is 1. The number of nitrogens with one attached hydrogen (secondary N) is 2. The molecule has 0 heterocycles. The maximum absolute atomic E-state index is 12.9. The van der Waals surface area contributed by atoms with Gasteiger partial charge in [-0.3, -0.25) is 0 Å². The second-order valence-electron chi connectivity index (χ2n) is 5.27. The number of halogens is 3. The van der Waals surface area contributed by atoms with E-state index in [9.17, 15) is 23.1 Å². The minimum atomic E-state index is -4.54. The van der Waals surface area contributed by atoms with Gasteiger partial charge in [-0.25, -0.2) is 4.79 Å². The predicted molar refractivity (Wildman–Crippen MR) is 84.4 cm³/mol. The molecule has 0 spiro atoms. The van der Waals surface area contributed by atoms with Crippen LogP contribution >= 0.6 is 0 Å². The zero-order valence-corrected chi connectivity index (χ0v) is 12.9. The number of anilines is 1. The third-order valence-electron chi connectivity index (χ3n) is 3.40. The Hall–Kier alpha value is -2.54. The fourth-order valence-electron chi connectivity index (χ4n) is 2.10. The average Bonchev–Trinajstić information content (AvgIpc) is 2.53. The first-order valence-electron chi connectivity index (χ1n) is 7.25. The summed E-state index contributed by atoms with van der Waals surface area (Å²) >= 11 is 0. The molecule has 0 unspecified atom stereocenters. The Bertz CT molecular complexity index is 698. The largest absolute Gasteiger partial charge is 0.418 e. The number of benzene rings is 2. The van der Waals surface area contributed by atoms with Crippen molar-refractivity contribution in [1.82, 2.24) is 5.32 Å². The van der Waals surface area contributed by atoms with E-state index in [1.807, 2.05) is 0 Å². The molecular weight excluding hydrogens is 321 g/mol. The molecule has 0 aromatic heterocycles. The molecule has 3 N–H and O–H groups in total. The topological polar surface area (TPSA) is 61.4 Å². The van der Waals surface area contributed by atoms with Crippen LogP contribution in [0.2, 0.25) is 0 Å². The van der Waals surface area contributed by atoms with Crippen LogP contribution in [0.1, 0.15) is 29.7 Å². The molecule has 2 amide bonds. The molecule has 24 heavy (non-hydrogen) atoms. The summed E-state index contributed by atoms with van der Waals surface area (Å²) in [6.07, 6.45) is -5.13. The summed E-state index contributed by atoms with van der Waals surface area (Å²) in [5, 5.41) is 14.1. The molecule has 0 saturated heterocycles. The summed E-state index contributed by atoms with van der Waals surface area (Å²) < 4.78 is 38.6. The lowest BCUT2D eigenvalue weighted by Gasteiger charge is -2.14. The van der Waals surface area contributed by atoms with Crippen molar-refractivity contribution in [2.75, 3.05) is 5.32 Å². The van der Waals surface area contributed by atoms with Crippen LogP contribution in [-0.2, 0) is 12.7 Å². The molecule has 0 fully saturated rings. The Balaban J connectivity index is 1.97. The van der Waals surface area contributed by atoms with Crippen LogP contribution < -0.4 is 10.6 Å². The second kappa shape index (κ2) is 7.35. The summed E-state index contributed by atoms with van der Waals surface area (Å²) in [5.41, 5.74) is 0.300. The van der Waals surface area contributed by atoms with Crippen LogP contribution in [0, 0.1) is 0 Å².